The van der Waals surface area contributed by atoms with Crippen molar-refractivity contribution in [3.8, 4) is 6.07 Å². The molecule has 1 saturated heterocycles. The van der Waals surface area contributed by atoms with Crippen molar-refractivity contribution in [3.05, 3.63) is 11.8 Å². The summed E-state index contributed by atoms with van der Waals surface area (Å²) in [5.41, 5.74) is 0. The van der Waals surface area contributed by atoms with E-state index in [1.165, 1.54) is 0 Å². The van der Waals surface area contributed by atoms with Crippen LogP contribution in [0.15, 0.2) is 11.8 Å². The number of hydrogen-bond donors (Lipinski definition) is 0. The van der Waals surface area contributed by atoms with Gasteiger partial charge < -0.3 is 13.9 Å². The first-order chi connectivity index (χ1) is 9.25. The van der Waals surface area contributed by atoms with Crippen LogP contribution in [0.5, 0.6) is 0 Å². The predicted molar refractivity (Wildman–Crippen MR) is 79.7 cm³/mol. The van der Waals surface area contributed by atoms with Gasteiger partial charge in [-0.25, -0.2) is 0 Å². The van der Waals surface area contributed by atoms with E-state index in [0.717, 1.165) is 5.76 Å². The molecule has 0 radical (unpaired) electrons. The van der Waals surface area contributed by atoms with Crippen LogP contribution < -0.4 is 0 Å². The summed E-state index contributed by atoms with van der Waals surface area (Å²) >= 11 is 6.46. The summed E-state index contributed by atoms with van der Waals surface area (Å²) in [5.74, 6) is 0.728. The molecular formula is C14H22ClNO3Si. The van der Waals surface area contributed by atoms with Crippen molar-refractivity contribution in [1.82, 2.24) is 0 Å². The Labute approximate surface area is 126 Å². The number of allylic oxidation sites excluding steroid dienone is 1. The van der Waals surface area contributed by atoms with E-state index < -0.39 is 13.2 Å². The number of halogens is 1. The van der Waals surface area contributed by atoms with Crippen LogP contribution >= 0.6 is 11.6 Å². The molecule has 1 heterocycles. The molecule has 112 valence electrons. The minimum absolute atomic E-state index is 0.0573. The lowest BCUT2D eigenvalue weighted by molar-refractivity contribution is -0.0870. The number of alkyl halides is 1. The maximum Gasteiger partial charge on any atom is 0.241 e. The second-order valence-corrected chi connectivity index (χ2v) is 11.6. The Morgan fingerprint density at radius 3 is 2.50 bits per heavy atom. The third-order valence-corrected chi connectivity index (χ3v) is 5.04. The Kier molecular flexibility index (Phi) is 4.50. The van der Waals surface area contributed by atoms with Crippen molar-refractivity contribution in [2.75, 3.05) is 13.2 Å². The Balaban J connectivity index is 2.29. The topological polar surface area (TPSA) is 51.5 Å². The van der Waals surface area contributed by atoms with Gasteiger partial charge in [0.05, 0.1) is 31.0 Å². The van der Waals surface area contributed by atoms with Gasteiger partial charge in [0.25, 0.3) is 0 Å². The number of ether oxygens (including phenoxy) is 2. The SMILES string of the molecule is C[C@@H]1C=C(O[Si](C)(C)C)[C@H](C2OCCO2)CC1(Cl)C#N. The second kappa shape index (κ2) is 5.68. The van der Waals surface area contributed by atoms with Gasteiger partial charge in [0, 0.05) is 5.92 Å². The molecule has 3 atom stereocenters. The lowest BCUT2D eigenvalue weighted by Crippen LogP contribution is -2.42. The molecule has 1 aliphatic heterocycles. The molecule has 1 aliphatic carbocycles. The Morgan fingerprint density at radius 2 is 2.00 bits per heavy atom. The Bertz CT molecular complexity index is 437. The van der Waals surface area contributed by atoms with E-state index in [-0.39, 0.29) is 18.1 Å². The van der Waals surface area contributed by atoms with Gasteiger partial charge in [0.2, 0.25) is 8.32 Å². The molecule has 6 heteroatoms. The van der Waals surface area contributed by atoms with Gasteiger partial charge in [-0.3, -0.25) is 0 Å². The van der Waals surface area contributed by atoms with E-state index in [2.05, 4.69) is 25.7 Å². The zero-order valence-corrected chi connectivity index (χ0v) is 14.2. The number of nitriles is 1. The number of rotatable bonds is 3. The van der Waals surface area contributed by atoms with Crippen LogP contribution in [0, 0.1) is 23.2 Å². The normalized spacial score (nSPS) is 35.5. The van der Waals surface area contributed by atoms with Crippen LogP contribution in [0.25, 0.3) is 0 Å². The molecule has 0 N–H and O–H groups in total. The van der Waals surface area contributed by atoms with Crippen molar-refractivity contribution in [2.45, 2.75) is 44.1 Å². The summed E-state index contributed by atoms with van der Waals surface area (Å²) in [6.07, 6.45) is 2.12. The van der Waals surface area contributed by atoms with Crippen molar-refractivity contribution in [1.29, 1.82) is 5.26 Å². The van der Waals surface area contributed by atoms with Gasteiger partial charge in [0.15, 0.2) is 6.29 Å². The van der Waals surface area contributed by atoms with Crippen LogP contribution in [0.1, 0.15) is 13.3 Å². The van der Waals surface area contributed by atoms with Crippen molar-refractivity contribution < 1.29 is 13.9 Å². The van der Waals surface area contributed by atoms with Crippen LogP contribution in [0.4, 0.5) is 0 Å². The molecule has 0 saturated carbocycles. The number of nitrogens with zero attached hydrogens (tertiary/aromatic N) is 1. The molecule has 20 heavy (non-hydrogen) atoms. The highest BCUT2D eigenvalue weighted by atomic mass is 35.5. The monoisotopic (exact) mass is 315 g/mol. The Hall–Kier alpha value is -0.543. The summed E-state index contributed by atoms with van der Waals surface area (Å²) in [6.45, 7) is 9.53. The quantitative estimate of drug-likeness (QED) is 0.592. The van der Waals surface area contributed by atoms with Crippen molar-refractivity contribution >= 4 is 19.9 Å². The predicted octanol–water partition coefficient (Wildman–Crippen LogP) is 3.25. The van der Waals surface area contributed by atoms with E-state index in [1.54, 1.807) is 0 Å². The summed E-state index contributed by atoms with van der Waals surface area (Å²) in [6, 6.07) is 2.23. The van der Waals surface area contributed by atoms with Crippen molar-refractivity contribution in [3.63, 3.8) is 0 Å². The summed E-state index contributed by atoms with van der Waals surface area (Å²) < 4.78 is 17.4. The Morgan fingerprint density at radius 1 is 1.40 bits per heavy atom. The van der Waals surface area contributed by atoms with Gasteiger partial charge in [0.1, 0.15) is 4.87 Å². The summed E-state index contributed by atoms with van der Waals surface area (Å²) in [7, 11) is -1.73. The molecule has 0 aromatic heterocycles. The third kappa shape index (κ3) is 3.37. The van der Waals surface area contributed by atoms with Crippen LogP contribution in [0.3, 0.4) is 0 Å². The first-order valence-corrected chi connectivity index (χ1v) is 10.8. The molecule has 0 aromatic rings. The zero-order chi connectivity index (χ0) is 15.0. The van der Waals surface area contributed by atoms with Gasteiger partial charge in [-0.05, 0) is 32.1 Å². The highest BCUT2D eigenvalue weighted by Crippen LogP contribution is 2.44. The smallest absolute Gasteiger partial charge is 0.241 e. The highest BCUT2D eigenvalue weighted by molar-refractivity contribution is 6.70. The lowest BCUT2D eigenvalue weighted by Gasteiger charge is -2.39. The minimum Gasteiger partial charge on any atom is -0.547 e. The molecule has 0 bridgehead atoms. The maximum absolute atomic E-state index is 9.38. The van der Waals surface area contributed by atoms with Crippen LogP contribution in [-0.4, -0.2) is 32.7 Å². The van der Waals surface area contributed by atoms with E-state index in [9.17, 15) is 5.26 Å². The fourth-order valence-corrected chi connectivity index (χ4v) is 3.71. The third-order valence-electron chi connectivity index (χ3n) is 3.60. The molecule has 2 aliphatic rings. The largest absolute Gasteiger partial charge is 0.547 e. The van der Waals surface area contributed by atoms with E-state index in [4.69, 9.17) is 25.5 Å². The van der Waals surface area contributed by atoms with Crippen LogP contribution in [0.2, 0.25) is 19.6 Å². The van der Waals surface area contributed by atoms with Gasteiger partial charge in [-0.1, -0.05) is 6.92 Å². The molecule has 0 spiro atoms. The fourth-order valence-electron chi connectivity index (χ4n) is 2.56. The average Bonchev–Trinajstić information content (AvgIpc) is 2.85. The lowest BCUT2D eigenvalue weighted by atomic mass is 9.78. The molecule has 1 fully saturated rings. The molecular weight excluding hydrogens is 294 g/mol. The first kappa shape index (κ1) is 15.8. The fraction of sp³-hybridized carbons (Fsp3) is 0.786. The number of hydrogen-bond acceptors (Lipinski definition) is 4. The summed E-state index contributed by atoms with van der Waals surface area (Å²) in [5, 5.41) is 9.38. The zero-order valence-electron chi connectivity index (χ0n) is 12.5. The molecule has 4 nitrogen and oxygen atoms in total. The standard InChI is InChI=1S/C14H22ClNO3Si/c1-10-7-12(19-20(2,3)4)11(8-14(10,15)9-16)13-17-5-6-18-13/h7,10-11,13H,5-6,8H2,1-4H3/t10-,11-,14?/m1/s1. The minimum atomic E-state index is -1.73. The van der Waals surface area contributed by atoms with Gasteiger partial charge >= 0.3 is 0 Å². The maximum atomic E-state index is 9.38. The molecule has 2 rings (SSSR count). The van der Waals surface area contributed by atoms with Gasteiger partial charge in [-0.2, -0.15) is 5.26 Å². The van der Waals surface area contributed by atoms with Gasteiger partial charge in [-0.15, -0.1) is 11.6 Å². The molecule has 0 aromatic carbocycles. The van der Waals surface area contributed by atoms with Crippen molar-refractivity contribution in [2.24, 2.45) is 11.8 Å². The molecule has 0 amide bonds. The van der Waals surface area contributed by atoms with E-state index in [0.29, 0.717) is 19.6 Å². The van der Waals surface area contributed by atoms with Crippen LogP contribution in [-0.2, 0) is 13.9 Å². The van der Waals surface area contributed by atoms with E-state index in [1.807, 2.05) is 13.0 Å². The first-order valence-electron chi connectivity index (χ1n) is 6.99. The average molecular weight is 316 g/mol. The second-order valence-electron chi connectivity index (χ2n) is 6.47. The molecule has 1 unspecified atom stereocenters. The highest BCUT2D eigenvalue weighted by Gasteiger charge is 2.46. The van der Waals surface area contributed by atoms with E-state index >= 15 is 0 Å². The summed E-state index contributed by atoms with van der Waals surface area (Å²) in [4.78, 5) is -0.910.